The van der Waals surface area contributed by atoms with E-state index in [0.29, 0.717) is 31.8 Å². The van der Waals surface area contributed by atoms with Gasteiger partial charge in [0.25, 0.3) is 0 Å². The molecule has 0 saturated carbocycles. The summed E-state index contributed by atoms with van der Waals surface area (Å²) in [6.07, 6.45) is 9.46. The molecule has 5 aromatic rings. The molecule has 1 unspecified atom stereocenters. The molecule has 2 saturated heterocycles. The van der Waals surface area contributed by atoms with Gasteiger partial charge >= 0.3 is 12.2 Å². The number of nitrogens with one attached hydrogen (secondary N) is 4. The van der Waals surface area contributed by atoms with Crippen molar-refractivity contribution in [2.24, 2.45) is 0 Å². The number of alkyl carbamates (subject to hydrolysis) is 2. The van der Waals surface area contributed by atoms with Gasteiger partial charge in [-0.15, -0.1) is 0 Å². The first-order valence-corrected chi connectivity index (χ1v) is 19.1. The fourth-order valence-electron chi connectivity index (χ4n) is 7.74. The highest BCUT2D eigenvalue weighted by atomic mass is 16.5. The number of aromatic amines is 2. The van der Waals surface area contributed by atoms with E-state index in [1.54, 1.807) is 17.3 Å². The molecule has 16 heteroatoms. The van der Waals surface area contributed by atoms with Crippen molar-refractivity contribution in [1.82, 2.24) is 50.3 Å². The zero-order valence-electron chi connectivity index (χ0n) is 32.0. The number of aliphatic hydroxyl groups is 1. The fraction of sp³-hybridized carbons (Fsp3) is 0.425. The minimum atomic E-state index is -0.875. The highest BCUT2D eigenvalue weighted by molar-refractivity contribution is 5.86. The van der Waals surface area contributed by atoms with Crippen LogP contribution in [0.15, 0.2) is 61.2 Å². The largest absolute Gasteiger partial charge is 0.453 e. The third-order valence-corrected chi connectivity index (χ3v) is 10.8. The summed E-state index contributed by atoms with van der Waals surface area (Å²) < 4.78 is 9.45. The fourth-order valence-corrected chi connectivity index (χ4v) is 7.74. The van der Waals surface area contributed by atoms with E-state index in [1.165, 1.54) is 14.2 Å². The quantitative estimate of drug-likeness (QED) is 0.108. The molecular weight excluding hydrogens is 717 g/mol. The predicted octanol–water partition coefficient (Wildman–Crippen LogP) is 5.47. The van der Waals surface area contributed by atoms with Crippen molar-refractivity contribution in [1.29, 1.82) is 0 Å². The van der Waals surface area contributed by atoms with E-state index in [2.05, 4.69) is 30.6 Å². The molecule has 0 aliphatic carbocycles. The Morgan fingerprint density at radius 1 is 0.750 bits per heavy atom. The van der Waals surface area contributed by atoms with Gasteiger partial charge in [0.1, 0.15) is 23.9 Å². The Labute approximate surface area is 324 Å². The summed E-state index contributed by atoms with van der Waals surface area (Å²) in [7, 11) is 2.59. The number of methoxy groups -OCH3 is 2. The molecule has 4 aromatic heterocycles. The molecule has 7 rings (SSSR count). The minimum absolute atomic E-state index is 0.108. The van der Waals surface area contributed by atoms with Gasteiger partial charge in [-0.25, -0.2) is 19.6 Å². The number of carbonyl (C=O) groups excluding carboxylic acids is 3. The molecule has 0 spiro atoms. The first-order chi connectivity index (χ1) is 27.2. The molecule has 2 aliphatic rings. The zero-order chi connectivity index (χ0) is 39.3. The molecular formula is C40H48N10O6. The van der Waals surface area contributed by atoms with Gasteiger partial charge in [0, 0.05) is 36.6 Å². The van der Waals surface area contributed by atoms with E-state index in [-0.39, 0.29) is 18.0 Å². The van der Waals surface area contributed by atoms with Crippen LogP contribution in [0.25, 0.3) is 44.7 Å². The highest BCUT2D eigenvalue weighted by Gasteiger charge is 2.37. The molecule has 56 heavy (non-hydrogen) atoms. The lowest BCUT2D eigenvalue weighted by Gasteiger charge is -2.33. The van der Waals surface area contributed by atoms with Gasteiger partial charge in [-0.1, -0.05) is 38.1 Å². The number of pyridine rings is 2. The van der Waals surface area contributed by atoms with Crippen molar-refractivity contribution in [3.8, 4) is 33.6 Å². The second kappa shape index (κ2) is 16.9. The summed E-state index contributed by atoms with van der Waals surface area (Å²) in [5.74, 6) is 1.30. The molecule has 1 aromatic carbocycles. The smallest absolute Gasteiger partial charge is 0.407 e. The van der Waals surface area contributed by atoms with E-state index in [0.717, 1.165) is 76.2 Å². The van der Waals surface area contributed by atoms with Crippen molar-refractivity contribution in [3.63, 3.8) is 0 Å². The zero-order valence-corrected chi connectivity index (χ0v) is 32.0. The molecule has 2 aliphatic heterocycles. The van der Waals surface area contributed by atoms with Gasteiger partial charge in [0.05, 0.1) is 67.2 Å². The monoisotopic (exact) mass is 764 g/mol. The number of nitrogens with zero attached hydrogens (tertiary/aromatic N) is 6. The molecule has 5 atom stereocenters. The van der Waals surface area contributed by atoms with Crippen LogP contribution in [0.2, 0.25) is 0 Å². The molecule has 16 nitrogen and oxygen atoms in total. The number of rotatable bonds is 12. The number of likely N-dealkylation sites (tertiary alicyclic amines) is 2. The summed E-state index contributed by atoms with van der Waals surface area (Å²) in [4.78, 5) is 66.4. The van der Waals surface area contributed by atoms with Gasteiger partial charge < -0.3 is 40.1 Å². The van der Waals surface area contributed by atoms with Crippen LogP contribution < -0.4 is 10.6 Å². The van der Waals surface area contributed by atoms with E-state index in [1.807, 2.05) is 67.5 Å². The van der Waals surface area contributed by atoms with Crippen molar-refractivity contribution >= 4 is 29.1 Å². The standard InChI is InChI=1S/C40H48N10O6/c1-5-27(47-39(53)55-3)37(51)49-15-7-9-33(49)35-43-21-31(45-35)24-13-11-23(12-14-24)25-17-29-30(41-19-25)18-26(20-42-29)32-22-44-36(46-32)34-10-8-16-50(34)38(52)28(6-2)48-40(54)56-4/h11-14,17-22,27-28,33-34,37,51H,5-10,15-16H2,1-4H3,(H,43,45)(H,44,46)(H,47,53)(H,48,54)/t27-,28-,33-,34-,37?/m0/s1. The second-order valence-electron chi connectivity index (χ2n) is 14.2. The van der Waals surface area contributed by atoms with E-state index in [4.69, 9.17) is 19.4 Å². The van der Waals surface area contributed by atoms with Crippen molar-refractivity contribution in [2.75, 3.05) is 27.3 Å². The maximum absolute atomic E-state index is 13.3. The average Bonchev–Trinajstić information content (AvgIpc) is 4.08. The minimum Gasteiger partial charge on any atom is -0.453 e. The number of aliphatic hydroxyl groups excluding tert-OH is 1. The van der Waals surface area contributed by atoms with Gasteiger partial charge in [-0.05, 0) is 61.8 Å². The van der Waals surface area contributed by atoms with Crippen molar-refractivity contribution < 1.29 is 29.0 Å². The first-order valence-electron chi connectivity index (χ1n) is 19.1. The summed E-state index contributed by atoms with van der Waals surface area (Å²) >= 11 is 0. The van der Waals surface area contributed by atoms with Crippen molar-refractivity contribution in [2.45, 2.75) is 82.8 Å². The number of fused-ring (bicyclic) bond motifs is 1. The molecule has 5 N–H and O–H groups in total. The summed E-state index contributed by atoms with van der Waals surface area (Å²) in [6.45, 7) is 5.04. The topological polar surface area (TPSA) is 204 Å². The first kappa shape index (κ1) is 38.4. The van der Waals surface area contributed by atoms with E-state index in [9.17, 15) is 19.5 Å². The number of hydrogen-bond donors (Lipinski definition) is 5. The SMILES string of the molecule is CC[C@H](NC(=O)OC)C(=O)N1CCC[C@H]1c1ncc(-c2cnc3cc(-c4ccc(-c5cnc([C@@H]6CCCN6C(O)[C@H](CC)NC(=O)OC)[nH]5)cc4)cnc3c2)[nH]1. The Bertz CT molecular complexity index is 2170. The van der Waals surface area contributed by atoms with Gasteiger partial charge in [0.15, 0.2) is 0 Å². The Hall–Kier alpha value is -5.87. The Kier molecular flexibility index (Phi) is 11.6. The third-order valence-electron chi connectivity index (χ3n) is 10.8. The Morgan fingerprint density at radius 2 is 1.32 bits per heavy atom. The van der Waals surface area contributed by atoms with Crippen molar-refractivity contribution in [3.05, 3.63) is 72.8 Å². The van der Waals surface area contributed by atoms with Crippen LogP contribution in [0.4, 0.5) is 9.59 Å². The number of hydrogen-bond acceptors (Lipinski definition) is 11. The highest BCUT2D eigenvalue weighted by Crippen LogP contribution is 2.35. The Balaban J connectivity index is 1.02. The molecule has 3 amide bonds. The summed E-state index contributed by atoms with van der Waals surface area (Å²) in [5.41, 5.74) is 6.84. The maximum Gasteiger partial charge on any atom is 0.407 e. The summed E-state index contributed by atoms with van der Waals surface area (Å²) in [5, 5.41) is 16.5. The lowest BCUT2D eigenvalue weighted by atomic mass is 10.0. The molecule has 6 heterocycles. The van der Waals surface area contributed by atoms with Crippen LogP contribution in [-0.2, 0) is 14.3 Å². The summed E-state index contributed by atoms with van der Waals surface area (Å²) in [6, 6.07) is 10.7. The van der Waals surface area contributed by atoms with Crippen LogP contribution in [-0.4, -0.2) is 109 Å². The third kappa shape index (κ3) is 7.93. The van der Waals surface area contributed by atoms with Crippen LogP contribution in [0.3, 0.4) is 0 Å². The predicted molar refractivity (Wildman–Crippen MR) is 208 cm³/mol. The van der Waals surface area contributed by atoms with Gasteiger partial charge in [-0.2, -0.15) is 0 Å². The number of carbonyl (C=O) groups is 3. The normalized spacial score (nSPS) is 18.8. The lowest BCUT2D eigenvalue weighted by Crippen LogP contribution is -2.51. The molecule has 2 fully saturated rings. The maximum atomic E-state index is 13.3. The molecule has 294 valence electrons. The number of aromatic nitrogens is 6. The van der Waals surface area contributed by atoms with E-state index >= 15 is 0 Å². The molecule has 0 bridgehead atoms. The number of benzene rings is 1. The number of ether oxygens (including phenoxy) is 2. The van der Waals surface area contributed by atoms with Crippen LogP contribution in [0.1, 0.15) is 76.1 Å². The van der Waals surface area contributed by atoms with Crippen LogP contribution in [0, 0.1) is 0 Å². The number of imidazole rings is 2. The van der Waals surface area contributed by atoms with Crippen LogP contribution >= 0.6 is 0 Å². The van der Waals surface area contributed by atoms with Gasteiger partial charge in [-0.3, -0.25) is 19.7 Å². The number of amides is 3. The van der Waals surface area contributed by atoms with Crippen LogP contribution in [0.5, 0.6) is 0 Å². The lowest BCUT2D eigenvalue weighted by molar-refractivity contribution is -0.134. The van der Waals surface area contributed by atoms with Gasteiger partial charge in [0.2, 0.25) is 5.91 Å². The number of H-pyrrole nitrogens is 2. The Morgan fingerprint density at radius 3 is 1.98 bits per heavy atom. The molecule has 0 radical (unpaired) electrons. The second-order valence-corrected chi connectivity index (χ2v) is 14.2. The van der Waals surface area contributed by atoms with E-state index < -0.39 is 30.5 Å². The average molecular weight is 765 g/mol.